The van der Waals surface area contributed by atoms with Gasteiger partial charge >= 0.3 is 12.1 Å². The first-order valence-electron chi connectivity index (χ1n) is 10.7. The van der Waals surface area contributed by atoms with Crippen LogP contribution in [-0.4, -0.2) is 53.3 Å². The molecule has 0 aromatic rings. The standard InChI is InChI=1S/C21H34N2O5S/c1-2-3-12-28-21(27)23-14-19(24)22-13-16-15(17-10-11-18(16)29-17)8-6-4-5-7-9-20(25)26/h4,6,15-18H,2-3,5,7-14H2,1H3,(H,22,24)(H,23,27)(H,25,26)/b6-4-. The quantitative estimate of drug-likeness (QED) is 0.308. The minimum absolute atomic E-state index is 0.0624. The Labute approximate surface area is 177 Å². The maximum Gasteiger partial charge on any atom is 0.407 e. The fourth-order valence-corrected chi connectivity index (χ4v) is 6.04. The molecule has 2 bridgehead atoms. The van der Waals surface area contributed by atoms with Crippen LogP contribution >= 0.6 is 11.8 Å². The SMILES string of the molecule is CCCCOC(=O)NCC(=O)NCC1C2CCC(S2)C1C/C=C\CCCC(=O)O. The molecule has 0 radical (unpaired) electrons. The van der Waals surface area contributed by atoms with Gasteiger partial charge < -0.3 is 20.5 Å². The van der Waals surface area contributed by atoms with Gasteiger partial charge in [0.2, 0.25) is 5.91 Å². The maximum atomic E-state index is 12.1. The van der Waals surface area contributed by atoms with Gasteiger partial charge in [0, 0.05) is 23.5 Å². The first-order valence-corrected chi connectivity index (χ1v) is 11.6. The number of carboxylic acid groups (broad SMARTS) is 1. The molecule has 4 unspecified atom stereocenters. The summed E-state index contributed by atoms with van der Waals surface area (Å²) in [4.78, 5) is 34.1. The molecular weight excluding hydrogens is 392 g/mol. The average Bonchev–Trinajstić information content (AvgIpc) is 3.29. The van der Waals surface area contributed by atoms with Crippen molar-refractivity contribution in [3.05, 3.63) is 12.2 Å². The second-order valence-corrected chi connectivity index (χ2v) is 9.24. The third kappa shape index (κ3) is 8.28. The molecule has 2 fully saturated rings. The Morgan fingerprint density at radius 3 is 2.59 bits per heavy atom. The first-order chi connectivity index (χ1) is 14.0. The van der Waals surface area contributed by atoms with E-state index < -0.39 is 12.1 Å². The van der Waals surface area contributed by atoms with Crippen LogP contribution in [0.15, 0.2) is 12.2 Å². The third-order valence-corrected chi connectivity index (χ3v) is 7.46. The number of unbranched alkanes of at least 4 members (excludes halogenated alkanes) is 2. The van der Waals surface area contributed by atoms with E-state index in [1.54, 1.807) is 0 Å². The zero-order valence-electron chi connectivity index (χ0n) is 17.2. The Balaban J connectivity index is 1.68. The number of aliphatic carboxylic acids is 1. The number of carbonyl (C=O) groups is 3. The number of hydrogen-bond donors (Lipinski definition) is 3. The number of amides is 2. The molecule has 0 aliphatic carbocycles. The summed E-state index contributed by atoms with van der Waals surface area (Å²) in [6.07, 6.45) is 10.6. The Hall–Kier alpha value is -1.70. The second kappa shape index (κ2) is 12.8. The van der Waals surface area contributed by atoms with Crippen molar-refractivity contribution < 1.29 is 24.2 Å². The highest BCUT2D eigenvalue weighted by molar-refractivity contribution is 8.01. The van der Waals surface area contributed by atoms with Crippen molar-refractivity contribution in [3.63, 3.8) is 0 Å². The lowest BCUT2D eigenvalue weighted by Gasteiger charge is -2.29. The monoisotopic (exact) mass is 426 g/mol. The van der Waals surface area contributed by atoms with E-state index in [1.165, 1.54) is 12.8 Å². The molecule has 2 aliphatic rings. The summed E-state index contributed by atoms with van der Waals surface area (Å²) in [5.74, 6) is 0.0558. The topological polar surface area (TPSA) is 105 Å². The van der Waals surface area contributed by atoms with Crippen molar-refractivity contribution in [2.75, 3.05) is 19.7 Å². The Morgan fingerprint density at radius 1 is 1.10 bits per heavy atom. The number of nitrogens with one attached hydrogen (secondary N) is 2. The molecule has 0 aromatic heterocycles. The summed E-state index contributed by atoms with van der Waals surface area (Å²) in [6.45, 7) is 2.97. The largest absolute Gasteiger partial charge is 0.481 e. The van der Waals surface area contributed by atoms with Crippen LogP contribution in [0.3, 0.4) is 0 Å². The van der Waals surface area contributed by atoms with Crippen LogP contribution < -0.4 is 10.6 Å². The number of rotatable bonds is 13. The minimum atomic E-state index is -0.748. The molecule has 8 heteroatoms. The van der Waals surface area contributed by atoms with Crippen molar-refractivity contribution >= 4 is 29.7 Å². The minimum Gasteiger partial charge on any atom is -0.481 e. The van der Waals surface area contributed by atoms with Crippen molar-refractivity contribution in [2.24, 2.45) is 11.8 Å². The lowest BCUT2D eigenvalue weighted by Crippen LogP contribution is -2.42. The van der Waals surface area contributed by atoms with Crippen LogP contribution in [0.1, 0.15) is 58.3 Å². The zero-order chi connectivity index (χ0) is 21.1. The molecular formula is C21H34N2O5S. The molecule has 2 rings (SSSR count). The maximum absolute atomic E-state index is 12.1. The van der Waals surface area contributed by atoms with E-state index in [-0.39, 0.29) is 18.9 Å². The van der Waals surface area contributed by atoms with E-state index in [4.69, 9.17) is 9.84 Å². The fourth-order valence-electron chi connectivity index (χ4n) is 4.03. The van der Waals surface area contributed by atoms with Crippen LogP contribution in [-0.2, 0) is 14.3 Å². The summed E-state index contributed by atoms with van der Waals surface area (Å²) in [5, 5.41) is 15.4. The van der Waals surface area contributed by atoms with E-state index in [9.17, 15) is 14.4 Å². The highest BCUT2D eigenvalue weighted by Crippen LogP contribution is 2.54. The lowest BCUT2D eigenvalue weighted by molar-refractivity contribution is -0.137. The van der Waals surface area contributed by atoms with Gasteiger partial charge in [-0.3, -0.25) is 9.59 Å². The molecule has 3 N–H and O–H groups in total. The number of fused-ring (bicyclic) bond motifs is 2. The molecule has 0 saturated carbocycles. The van der Waals surface area contributed by atoms with Crippen LogP contribution in [0.5, 0.6) is 0 Å². The molecule has 7 nitrogen and oxygen atoms in total. The number of hydrogen-bond acceptors (Lipinski definition) is 5. The number of ether oxygens (including phenoxy) is 1. The van der Waals surface area contributed by atoms with E-state index in [2.05, 4.69) is 22.8 Å². The molecule has 2 heterocycles. The molecule has 29 heavy (non-hydrogen) atoms. The zero-order valence-corrected chi connectivity index (χ0v) is 18.0. The van der Waals surface area contributed by atoms with Crippen molar-refractivity contribution in [2.45, 2.75) is 68.8 Å². The lowest BCUT2D eigenvalue weighted by atomic mass is 9.77. The van der Waals surface area contributed by atoms with Crippen molar-refractivity contribution in [3.8, 4) is 0 Å². The molecule has 2 amide bonds. The van der Waals surface area contributed by atoms with Gasteiger partial charge in [-0.2, -0.15) is 11.8 Å². The van der Waals surface area contributed by atoms with Gasteiger partial charge in [0.15, 0.2) is 0 Å². The fraction of sp³-hybridized carbons (Fsp3) is 0.762. The summed E-state index contributed by atoms with van der Waals surface area (Å²) >= 11 is 2.05. The molecule has 0 aromatic carbocycles. The first kappa shape index (κ1) is 23.6. The average molecular weight is 427 g/mol. The van der Waals surface area contributed by atoms with Gasteiger partial charge in [-0.05, 0) is 50.4 Å². The number of thioether (sulfide) groups is 1. The highest BCUT2D eigenvalue weighted by Gasteiger charge is 2.47. The van der Waals surface area contributed by atoms with Crippen molar-refractivity contribution in [1.82, 2.24) is 10.6 Å². The summed E-state index contributed by atoms with van der Waals surface area (Å²) in [7, 11) is 0. The molecule has 0 spiro atoms. The number of alkyl carbamates (subject to hydrolysis) is 1. The Morgan fingerprint density at radius 2 is 1.86 bits per heavy atom. The molecule has 2 aliphatic heterocycles. The van der Waals surface area contributed by atoms with Crippen LogP contribution in [0, 0.1) is 11.8 Å². The van der Waals surface area contributed by atoms with Gasteiger partial charge in [0.05, 0.1) is 13.2 Å². The van der Waals surface area contributed by atoms with Gasteiger partial charge in [-0.25, -0.2) is 4.79 Å². The smallest absolute Gasteiger partial charge is 0.407 e. The number of carboxylic acids is 1. The molecule has 2 saturated heterocycles. The normalized spacial score (nSPS) is 25.3. The van der Waals surface area contributed by atoms with Gasteiger partial charge in [-0.1, -0.05) is 25.5 Å². The van der Waals surface area contributed by atoms with Gasteiger partial charge in [-0.15, -0.1) is 0 Å². The van der Waals surface area contributed by atoms with E-state index in [0.29, 0.717) is 41.9 Å². The van der Waals surface area contributed by atoms with Crippen LogP contribution in [0.25, 0.3) is 0 Å². The highest BCUT2D eigenvalue weighted by atomic mass is 32.2. The second-order valence-electron chi connectivity index (χ2n) is 7.76. The van der Waals surface area contributed by atoms with Crippen LogP contribution in [0.2, 0.25) is 0 Å². The summed E-state index contributed by atoms with van der Waals surface area (Å²) in [5.41, 5.74) is 0. The van der Waals surface area contributed by atoms with Gasteiger partial charge in [0.25, 0.3) is 0 Å². The Bertz CT molecular complexity index is 583. The summed E-state index contributed by atoms with van der Waals surface area (Å²) < 4.78 is 4.98. The summed E-state index contributed by atoms with van der Waals surface area (Å²) in [6, 6.07) is 0. The Kier molecular flexibility index (Phi) is 10.4. The molecule has 164 valence electrons. The number of carbonyl (C=O) groups excluding carboxylic acids is 2. The third-order valence-electron chi connectivity index (χ3n) is 5.59. The number of allylic oxidation sites excluding steroid dienone is 2. The van der Waals surface area contributed by atoms with E-state index in [0.717, 1.165) is 25.7 Å². The van der Waals surface area contributed by atoms with E-state index in [1.807, 2.05) is 18.7 Å². The predicted molar refractivity (Wildman–Crippen MR) is 114 cm³/mol. The van der Waals surface area contributed by atoms with E-state index >= 15 is 0 Å². The predicted octanol–water partition coefficient (Wildman–Crippen LogP) is 3.34. The van der Waals surface area contributed by atoms with Crippen LogP contribution in [0.4, 0.5) is 4.79 Å². The molecule has 4 atom stereocenters. The van der Waals surface area contributed by atoms with Crippen molar-refractivity contribution in [1.29, 1.82) is 0 Å². The van der Waals surface area contributed by atoms with Gasteiger partial charge in [0.1, 0.15) is 0 Å².